The summed E-state index contributed by atoms with van der Waals surface area (Å²) in [6.45, 7) is 0. The minimum absolute atomic E-state index is 0.0191. The summed E-state index contributed by atoms with van der Waals surface area (Å²) < 4.78 is 11.9. The van der Waals surface area contributed by atoms with Crippen molar-refractivity contribution in [2.45, 2.75) is 11.5 Å². The van der Waals surface area contributed by atoms with Gasteiger partial charge in [0.2, 0.25) is 0 Å². The van der Waals surface area contributed by atoms with Crippen molar-refractivity contribution in [3.63, 3.8) is 0 Å². The molecule has 0 radical (unpaired) electrons. The van der Waals surface area contributed by atoms with Gasteiger partial charge in [-0.05, 0) is 47.0 Å². The topological polar surface area (TPSA) is 137 Å². The molecule has 0 aliphatic carbocycles. The van der Waals surface area contributed by atoms with Crippen LogP contribution in [-0.2, 0) is 10.2 Å². The van der Waals surface area contributed by atoms with Crippen LogP contribution in [0, 0.1) is 0 Å². The van der Waals surface area contributed by atoms with Gasteiger partial charge in [0, 0.05) is 23.8 Å². The number of ether oxygens (including phenoxy) is 2. The van der Waals surface area contributed by atoms with Crippen LogP contribution in [0.25, 0.3) is 12.2 Å². The maximum absolute atomic E-state index is 13.8. The highest BCUT2D eigenvalue weighted by atomic mass is 16.6. The monoisotopic (exact) mass is 496 g/mol. The Balaban J connectivity index is 1.63. The molecule has 2 unspecified atom stereocenters. The van der Waals surface area contributed by atoms with Crippen molar-refractivity contribution in [3.05, 3.63) is 101 Å². The smallest absolute Gasteiger partial charge is 0.331 e. The number of phenolic OH excluding ortho intramolecular Hbond substituents is 5. The lowest BCUT2D eigenvalue weighted by molar-refractivity contribution is -0.139. The van der Waals surface area contributed by atoms with Crippen LogP contribution >= 0.6 is 0 Å². The third-order valence-electron chi connectivity index (χ3n) is 6.68. The molecule has 0 aromatic heterocycles. The molecule has 1 spiro atoms. The molecule has 0 bridgehead atoms. The molecular weight excluding hydrogens is 476 g/mol. The van der Waals surface area contributed by atoms with Crippen molar-refractivity contribution in [3.8, 4) is 40.2 Å². The molecule has 4 aromatic carbocycles. The van der Waals surface area contributed by atoms with Crippen LogP contribution in [0.3, 0.4) is 0 Å². The second-order valence-corrected chi connectivity index (χ2v) is 8.96. The summed E-state index contributed by atoms with van der Waals surface area (Å²) in [4.78, 5) is 13.8. The maximum atomic E-state index is 13.8. The lowest BCUT2D eigenvalue weighted by Crippen LogP contribution is -2.40. The summed E-state index contributed by atoms with van der Waals surface area (Å²) >= 11 is 0. The van der Waals surface area contributed by atoms with Crippen LogP contribution < -0.4 is 9.47 Å². The molecule has 37 heavy (non-hydrogen) atoms. The molecule has 0 fully saturated rings. The van der Waals surface area contributed by atoms with Gasteiger partial charge in [-0.25, -0.2) is 0 Å². The number of hydrogen-bond donors (Lipinski definition) is 5. The third-order valence-corrected chi connectivity index (χ3v) is 6.68. The first-order valence-electron chi connectivity index (χ1n) is 11.4. The average molecular weight is 496 g/mol. The predicted octanol–water partition coefficient (Wildman–Crippen LogP) is 4.72. The molecule has 184 valence electrons. The summed E-state index contributed by atoms with van der Waals surface area (Å²) in [6.07, 6.45) is 2.40. The highest BCUT2D eigenvalue weighted by molar-refractivity contribution is 6.00. The fourth-order valence-corrected chi connectivity index (χ4v) is 5.16. The molecule has 2 atom stereocenters. The third kappa shape index (κ3) is 3.34. The van der Waals surface area contributed by atoms with Gasteiger partial charge in [0.1, 0.15) is 46.4 Å². The van der Waals surface area contributed by atoms with E-state index < -0.39 is 17.5 Å². The Hall–Kier alpha value is -5.11. The Bertz CT molecular complexity index is 1590. The van der Waals surface area contributed by atoms with E-state index in [2.05, 4.69) is 0 Å². The standard InChI is InChI=1S/C29H20O8/c30-18-7-2-15(3-8-18)1-4-17-11-20(32)13-23-25(17)29(28(35)37-23)26-22(34)12-21(33)14-24(26)36-27(29)16-5-9-19(31)10-6-16/h1-14,27,30-34H/b4-1+. The lowest BCUT2D eigenvalue weighted by atomic mass is 9.68. The van der Waals surface area contributed by atoms with Crippen molar-refractivity contribution < 1.29 is 39.8 Å². The number of carbonyl (C=O) groups is 1. The molecule has 2 heterocycles. The van der Waals surface area contributed by atoms with Gasteiger partial charge in [-0.1, -0.05) is 36.4 Å². The van der Waals surface area contributed by atoms with Crippen LogP contribution in [0.2, 0.25) is 0 Å². The van der Waals surface area contributed by atoms with Gasteiger partial charge in [0.15, 0.2) is 5.41 Å². The highest BCUT2D eigenvalue weighted by Gasteiger charge is 2.64. The Morgan fingerprint density at radius 2 is 1.30 bits per heavy atom. The zero-order chi connectivity index (χ0) is 25.9. The summed E-state index contributed by atoms with van der Waals surface area (Å²) in [5.41, 5.74) is 0.489. The molecule has 0 saturated carbocycles. The molecule has 6 rings (SSSR count). The molecule has 8 heteroatoms. The average Bonchev–Trinajstić information content (AvgIpc) is 3.34. The van der Waals surface area contributed by atoms with Gasteiger partial charge < -0.3 is 35.0 Å². The van der Waals surface area contributed by atoms with Gasteiger partial charge in [0.25, 0.3) is 0 Å². The fraction of sp³-hybridized carbons (Fsp3) is 0.0690. The van der Waals surface area contributed by atoms with E-state index in [1.54, 1.807) is 36.4 Å². The minimum atomic E-state index is -1.69. The predicted molar refractivity (Wildman–Crippen MR) is 133 cm³/mol. The number of rotatable bonds is 3. The molecule has 2 aliphatic rings. The van der Waals surface area contributed by atoms with E-state index in [0.29, 0.717) is 16.7 Å². The lowest BCUT2D eigenvalue weighted by Gasteiger charge is -2.29. The Morgan fingerprint density at radius 3 is 2.00 bits per heavy atom. The van der Waals surface area contributed by atoms with Gasteiger partial charge in [-0.15, -0.1) is 0 Å². The van der Waals surface area contributed by atoms with Crippen molar-refractivity contribution in [1.82, 2.24) is 0 Å². The van der Waals surface area contributed by atoms with E-state index in [1.165, 1.54) is 42.5 Å². The summed E-state index contributed by atoms with van der Waals surface area (Å²) in [5, 5.41) is 51.0. The first-order chi connectivity index (χ1) is 17.8. The van der Waals surface area contributed by atoms with Crippen molar-refractivity contribution >= 4 is 18.1 Å². The fourth-order valence-electron chi connectivity index (χ4n) is 5.16. The number of fused-ring (bicyclic) bond motifs is 4. The number of hydrogen-bond acceptors (Lipinski definition) is 8. The minimum Gasteiger partial charge on any atom is -0.508 e. The van der Waals surface area contributed by atoms with Gasteiger partial charge in [0.05, 0.1) is 5.56 Å². The highest BCUT2D eigenvalue weighted by Crippen LogP contribution is 2.63. The van der Waals surface area contributed by atoms with E-state index in [-0.39, 0.29) is 45.8 Å². The van der Waals surface area contributed by atoms with Crippen molar-refractivity contribution in [2.24, 2.45) is 0 Å². The molecule has 0 amide bonds. The van der Waals surface area contributed by atoms with Crippen molar-refractivity contribution in [2.75, 3.05) is 0 Å². The number of benzene rings is 4. The molecule has 2 aliphatic heterocycles. The van der Waals surface area contributed by atoms with Gasteiger partial charge >= 0.3 is 5.97 Å². The SMILES string of the molecule is O=C1Oc2cc(O)cc(/C=C/c3ccc(O)cc3)c2C12c1c(O)cc(O)cc1OC2c1ccc(O)cc1. The number of aromatic hydroxyl groups is 5. The first-order valence-corrected chi connectivity index (χ1v) is 11.4. The zero-order valence-corrected chi connectivity index (χ0v) is 19.1. The number of esters is 1. The second kappa shape index (κ2) is 7.96. The molecule has 8 nitrogen and oxygen atoms in total. The zero-order valence-electron chi connectivity index (χ0n) is 19.1. The van der Waals surface area contributed by atoms with E-state index in [1.807, 2.05) is 0 Å². The largest absolute Gasteiger partial charge is 0.508 e. The Kier molecular flexibility index (Phi) is 4.81. The quantitative estimate of drug-likeness (QED) is 0.156. The Labute approximate surface area is 210 Å². The van der Waals surface area contributed by atoms with Crippen LogP contribution in [0.5, 0.6) is 40.2 Å². The second-order valence-electron chi connectivity index (χ2n) is 8.96. The first kappa shape index (κ1) is 22.4. The summed E-state index contributed by atoms with van der Waals surface area (Å²) in [7, 11) is 0. The van der Waals surface area contributed by atoms with Gasteiger partial charge in [-0.3, -0.25) is 4.79 Å². The van der Waals surface area contributed by atoms with Crippen LogP contribution in [0.1, 0.15) is 33.9 Å². The van der Waals surface area contributed by atoms with Crippen LogP contribution in [0.4, 0.5) is 0 Å². The van der Waals surface area contributed by atoms with E-state index >= 15 is 0 Å². The molecule has 4 aromatic rings. The van der Waals surface area contributed by atoms with Crippen LogP contribution in [0.15, 0.2) is 72.8 Å². The number of phenols is 5. The number of carbonyl (C=O) groups excluding carboxylic acids is 1. The Morgan fingerprint density at radius 1 is 0.676 bits per heavy atom. The van der Waals surface area contributed by atoms with E-state index in [0.717, 1.165) is 11.6 Å². The van der Waals surface area contributed by atoms with Crippen molar-refractivity contribution in [1.29, 1.82) is 0 Å². The molecule has 0 saturated heterocycles. The van der Waals surface area contributed by atoms with Crippen LogP contribution in [-0.4, -0.2) is 31.5 Å². The molecule has 5 N–H and O–H groups in total. The van der Waals surface area contributed by atoms with E-state index in [9.17, 15) is 30.3 Å². The summed E-state index contributed by atoms with van der Waals surface area (Å²) in [5.74, 6) is -1.14. The molecular formula is C29H20O8. The normalized spacial score (nSPS) is 19.6. The van der Waals surface area contributed by atoms with E-state index in [4.69, 9.17) is 9.47 Å². The van der Waals surface area contributed by atoms with Gasteiger partial charge in [-0.2, -0.15) is 0 Å². The maximum Gasteiger partial charge on any atom is 0.331 e. The summed E-state index contributed by atoms with van der Waals surface area (Å²) in [6, 6.07) is 17.8.